The van der Waals surface area contributed by atoms with Gasteiger partial charge in [-0.05, 0) is 49.2 Å². The van der Waals surface area contributed by atoms with Gasteiger partial charge in [0.2, 0.25) is 5.95 Å². The third-order valence-electron chi connectivity index (χ3n) is 6.06. The number of carbonyl (C=O) groups excluding carboxylic acids is 2. The molecule has 1 fully saturated rings. The van der Waals surface area contributed by atoms with Gasteiger partial charge in [-0.1, -0.05) is 0 Å². The number of anilines is 3. The molecule has 2 heterocycles. The zero-order chi connectivity index (χ0) is 27.4. The molecule has 1 aliphatic rings. The van der Waals surface area contributed by atoms with Crippen LogP contribution in [0.25, 0.3) is 0 Å². The van der Waals surface area contributed by atoms with Gasteiger partial charge in [0.05, 0.1) is 17.5 Å². The smallest absolute Gasteiger partial charge is 0.406 e. The van der Waals surface area contributed by atoms with Crippen molar-refractivity contribution in [2.24, 2.45) is 0 Å². The number of alkyl halides is 3. The molecule has 1 aliphatic heterocycles. The second-order valence-corrected chi connectivity index (χ2v) is 8.57. The van der Waals surface area contributed by atoms with Gasteiger partial charge in [-0.3, -0.25) is 9.59 Å². The molecular formula is C25H24F4N6O3. The van der Waals surface area contributed by atoms with Crippen molar-refractivity contribution < 1.29 is 31.9 Å². The maximum atomic E-state index is 14.6. The Morgan fingerprint density at radius 2 is 1.79 bits per heavy atom. The topological polar surface area (TPSA) is 122 Å². The number of amides is 2. The molecule has 0 spiro atoms. The third kappa shape index (κ3) is 6.28. The third-order valence-corrected chi connectivity index (χ3v) is 6.06. The first-order valence-corrected chi connectivity index (χ1v) is 11.6. The summed E-state index contributed by atoms with van der Waals surface area (Å²) < 4.78 is 55.7. The fourth-order valence-electron chi connectivity index (χ4n) is 4.16. The number of benzene rings is 2. The van der Waals surface area contributed by atoms with Gasteiger partial charge < -0.3 is 26.0 Å². The summed E-state index contributed by atoms with van der Waals surface area (Å²) in [5, 5.41) is 5.52. The zero-order valence-corrected chi connectivity index (χ0v) is 20.2. The Morgan fingerprint density at radius 1 is 1.11 bits per heavy atom. The van der Waals surface area contributed by atoms with E-state index in [2.05, 4.69) is 25.3 Å². The van der Waals surface area contributed by atoms with E-state index in [0.717, 1.165) is 18.3 Å². The van der Waals surface area contributed by atoms with Gasteiger partial charge in [-0.2, -0.15) is 0 Å². The van der Waals surface area contributed by atoms with Gasteiger partial charge in [0.15, 0.2) is 5.82 Å². The molecular weight excluding hydrogens is 508 g/mol. The number of hydrogen-bond donors (Lipinski definition) is 3. The van der Waals surface area contributed by atoms with E-state index < -0.39 is 23.8 Å². The van der Waals surface area contributed by atoms with Crippen LogP contribution in [-0.4, -0.2) is 53.2 Å². The molecule has 1 aromatic heterocycles. The van der Waals surface area contributed by atoms with E-state index >= 15 is 0 Å². The lowest BCUT2D eigenvalue weighted by Gasteiger charge is -2.32. The van der Waals surface area contributed by atoms with Crippen molar-refractivity contribution in [1.29, 1.82) is 0 Å². The number of carbonyl (C=O) groups is 2. The van der Waals surface area contributed by atoms with E-state index in [1.54, 1.807) is 24.3 Å². The minimum atomic E-state index is -4.87. The molecule has 38 heavy (non-hydrogen) atoms. The largest absolute Gasteiger partial charge is 0.573 e. The van der Waals surface area contributed by atoms with Gasteiger partial charge in [0.25, 0.3) is 11.8 Å². The summed E-state index contributed by atoms with van der Waals surface area (Å²) in [6.07, 6.45) is -2.97. The van der Waals surface area contributed by atoms with Gasteiger partial charge >= 0.3 is 6.36 Å². The fourth-order valence-corrected chi connectivity index (χ4v) is 4.16. The van der Waals surface area contributed by atoms with E-state index in [9.17, 15) is 27.2 Å². The van der Waals surface area contributed by atoms with Crippen molar-refractivity contribution >= 4 is 29.1 Å². The number of halogens is 4. The highest BCUT2D eigenvalue weighted by Gasteiger charge is 2.32. The lowest BCUT2D eigenvalue weighted by atomic mass is 9.92. The number of nitrogens with two attached hydrogens (primary N) is 1. The SMILES string of the molecule is CNC(=O)c1ccc(Nc2ncc(F)c(C3CCN(C(=O)c4ccc(OC(F)(F)F)cc4N)CC3)n2)cc1. The first-order valence-electron chi connectivity index (χ1n) is 11.6. The zero-order valence-electron chi connectivity index (χ0n) is 20.2. The van der Waals surface area contributed by atoms with Gasteiger partial charge in [0, 0.05) is 49.1 Å². The Balaban J connectivity index is 1.40. The molecule has 2 aromatic carbocycles. The van der Waals surface area contributed by atoms with Crippen LogP contribution in [0, 0.1) is 5.82 Å². The predicted molar refractivity (Wildman–Crippen MR) is 131 cm³/mol. The Kier molecular flexibility index (Phi) is 7.65. The predicted octanol–water partition coefficient (Wildman–Crippen LogP) is 4.22. The first kappa shape index (κ1) is 26.6. The summed E-state index contributed by atoms with van der Waals surface area (Å²) >= 11 is 0. The van der Waals surface area contributed by atoms with Crippen LogP contribution in [0.2, 0.25) is 0 Å². The van der Waals surface area contributed by atoms with Crippen molar-refractivity contribution in [2.75, 3.05) is 31.2 Å². The Morgan fingerprint density at radius 3 is 2.39 bits per heavy atom. The maximum absolute atomic E-state index is 14.6. The van der Waals surface area contributed by atoms with E-state index in [1.165, 1.54) is 18.0 Å². The molecule has 0 unspecified atom stereocenters. The van der Waals surface area contributed by atoms with Gasteiger partial charge in [-0.15, -0.1) is 13.2 Å². The fraction of sp³-hybridized carbons (Fsp3) is 0.280. The molecule has 0 radical (unpaired) electrons. The highest BCUT2D eigenvalue weighted by molar-refractivity contribution is 5.99. The highest BCUT2D eigenvalue weighted by Crippen LogP contribution is 2.32. The van der Waals surface area contributed by atoms with Gasteiger partial charge in [-0.25, -0.2) is 14.4 Å². The summed E-state index contributed by atoms with van der Waals surface area (Å²) in [4.78, 5) is 34.5. The monoisotopic (exact) mass is 532 g/mol. The molecule has 0 atom stereocenters. The summed E-state index contributed by atoms with van der Waals surface area (Å²) in [6, 6.07) is 9.77. The number of ether oxygens (including phenoxy) is 1. The molecule has 0 bridgehead atoms. The molecule has 13 heteroatoms. The van der Waals surface area contributed by atoms with E-state index in [-0.39, 0.29) is 47.8 Å². The highest BCUT2D eigenvalue weighted by atomic mass is 19.4. The number of nitrogens with one attached hydrogen (secondary N) is 2. The second kappa shape index (κ2) is 10.9. The van der Waals surface area contributed by atoms with E-state index in [4.69, 9.17) is 5.73 Å². The van der Waals surface area contributed by atoms with Crippen molar-refractivity contribution in [3.05, 3.63) is 71.3 Å². The summed E-state index contributed by atoms with van der Waals surface area (Å²) in [5.74, 6) is -1.85. The molecule has 1 saturated heterocycles. The second-order valence-electron chi connectivity index (χ2n) is 8.57. The van der Waals surface area contributed by atoms with Crippen LogP contribution in [0.1, 0.15) is 45.2 Å². The Hall–Kier alpha value is -4.42. The van der Waals surface area contributed by atoms with E-state index in [0.29, 0.717) is 24.1 Å². The van der Waals surface area contributed by atoms with Crippen molar-refractivity contribution in [1.82, 2.24) is 20.2 Å². The molecule has 200 valence electrons. The molecule has 4 rings (SSSR count). The molecule has 9 nitrogen and oxygen atoms in total. The number of nitrogen functional groups attached to an aromatic ring is 1. The van der Waals surface area contributed by atoms with Gasteiger partial charge in [0.1, 0.15) is 5.75 Å². The van der Waals surface area contributed by atoms with Crippen molar-refractivity contribution in [2.45, 2.75) is 25.1 Å². The number of hydrogen-bond acceptors (Lipinski definition) is 7. The van der Waals surface area contributed by atoms with Crippen LogP contribution < -0.4 is 21.1 Å². The quantitative estimate of drug-likeness (QED) is 0.321. The molecule has 0 saturated carbocycles. The first-order chi connectivity index (χ1) is 18.0. The Bertz CT molecular complexity index is 1330. The van der Waals surface area contributed by atoms with E-state index in [1.807, 2.05) is 0 Å². The minimum Gasteiger partial charge on any atom is -0.406 e. The lowest BCUT2D eigenvalue weighted by molar-refractivity contribution is -0.274. The summed E-state index contributed by atoms with van der Waals surface area (Å²) in [6.45, 7) is 0.549. The normalized spacial score (nSPS) is 14.2. The number of nitrogens with zero attached hydrogens (tertiary/aromatic N) is 3. The van der Waals surface area contributed by atoms with Crippen LogP contribution in [0.3, 0.4) is 0 Å². The summed E-state index contributed by atoms with van der Waals surface area (Å²) in [5.41, 5.74) is 7.03. The summed E-state index contributed by atoms with van der Waals surface area (Å²) in [7, 11) is 1.53. The molecule has 2 amide bonds. The number of aromatic nitrogens is 2. The Labute approximate surface area is 215 Å². The average molecular weight is 532 g/mol. The number of likely N-dealkylation sites (tertiary alicyclic amines) is 1. The van der Waals surface area contributed by atoms with Crippen LogP contribution in [0.5, 0.6) is 5.75 Å². The van der Waals surface area contributed by atoms with Crippen molar-refractivity contribution in [3.8, 4) is 5.75 Å². The lowest BCUT2D eigenvalue weighted by Crippen LogP contribution is -2.38. The standard InChI is InChI=1S/C25H24F4N6O3/c1-31-22(36)15-2-4-16(5-3-15)33-24-32-13-19(26)21(34-24)14-8-10-35(11-9-14)23(37)18-7-6-17(12-20(18)30)38-25(27,28)29/h2-7,12-14H,8-11,30H2,1H3,(H,31,36)(H,32,33,34). The van der Waals surface area contributed by atoms with Crippen LogP contribution >= 0.6 is 0 Å². The van der Waals surface area contributed by atoms with Crippen molar-refractivity contribution in [3.63, 3.8) is 0 Å². The number of rotatable bonds is 6. The minimum absolute atomic E-state index is 0.0557. The molecule has 3 aromatic rings. The van der Waals surface area contributed by atoms with Crippen LogP contribution in [0.15, 0.2) is 48.7 Å². The number of piperidine rings is 1. The average Bonchev–Trinajstić information content (AvgIpc) is 2.89. The van der Waals surface area contributed by atoms with Crippen LogP contribution in [-0.2, 0) is 0 Å². The van der Waals surface area contributed by atoms with Crippen LogP contribution in [0.4, 0.5) is 34.9 Å². The molecule has 0 aliphatic carbocycles. The maximum Gasteiger partial charge on any atom is 0.573 e. The molecule has 4 N–H and O–H groups in total.